The molecule has 2 atom stereocenters. The van der Waals surface area contributed by atoms with Gasteiger partial charge in [-0.1, -0.05) is 51.4 Å². The van der Waals surface area contributed by atoms with E-state index in [2.05, 4.69) is 4.98 Å². The molecule has 0 saturated heterocycles. The highest BCUT2D eigenvalue weighted by molar-refractivity contribution is 5.99. The number of rotatable bonds is 13. The van der Waals surface area contributed by atoms with E-state index in [-0.39, 0.29) is 17.7 Å². The quantitative estimate of drug-likeness (QED) is 0.359. The van der Waals surface area contributed by atoms with Crippen molar-refractivity contribution in [3.63, 3.8) is 0 Å². The Morgan fingerprint density at radius 2 is 1.71 bits per heavy atom. The Balaban J connectivity index is 1.57. The van der Waals surface area contributed by atoms with Crippen molar-refractivity contribution < 1.29 is 19.4 Å². The maximum atomic E-state index is 12.6. The fourth-order valence-electron chi connectivity index (χ4n) is 4.46. The zero-order valence-corrected chi connectivity index (χ0v) is 19.6. The molecule has 1 aliphatic heterocycles. The number of hydrogen-bond donors (Lipinski definition) is 1. The van der Waals surface area contributed by atoms with Crippen LogP contribution >= 0.6 is 0 Å². The number of hydrogen-bond acceptors (Lipinski definition) is 6. The summed E-state index contributed by atoms with van der Waals surface area (Å²) in [4.78, 5) is 29.9. The molecule has 2 heterocycles. The fraction of sp³-hybridized carbons (Fsp3) is 0.792. The maximum absolute atomic E-state index is 12.6. The van der Waals surface area contributed by atoms with Crippen molar-refractivity contribution in [3.8, 4) is 0 Å². The third-order valence-corrected chi connectivity index (χ3v) is 6.34. The molecule has 1 aromatic rings. The second-order valence-electron chi connectivity index (χ2n) is 8.80. The number of carbonyl (C=O) groups is 2. The van der Waals surface area contributed by atoms with Crippen LogP contribution in [-0.2, 0) is 16.6 Å². The lowest BCUT2D eigenvalue weighted by atomic mass is 9.90. The lowest BCUT2D eigenvalue weighted by Gasteiger charge is -2.33. The number of fused-ring (bicyclic) bond motifs is 1. The number of aliphatic hydroxyl groups is 1. The number of unbranched alkanes of at least 4 members (excludes halogenated alkanes) is 8. The molecule has 0 aliphatic carbocycles. The largest absolute Gasteiger partial charge is 0.466 e. The van der Waals surface area contributed by atoms with E-state index in [4.69, 9.17) is 4.74 Å². The van der Waals surface area contributed by atoms with Gasteiger partial charge in [-0.3, -0.25) is 9.59 Å². The highest BCUT2D eigenvalue weighted by Gasteiger charge is 2.31. The number of imidazole rings is 1. The summed E-state index contributed by atoms with van der Waals surface area (Å²) in [5.41, 5.74) is 0.598. The monoisotopic (exact) mass is 435 g/mol. The molecule has 2 rings (SSSR count). The zero-order valence-electron chi connectivity index (χ0n) is 19.6. The van der Waals surface area contributed by atoms with Gasteiger partial charge in [-0.05, 0) is 26.2 Å². The van der Waals surface area contributed by atoms with E-state index in [0.29, 0.717) is 31.0 Å². The van der Waals surface area contributed by atoms with Gasteiger partial charge in [0, 0.05) is 32.9 Å². The molecule has 0 radical (unpaired) electrons. The molecule has 1 N–H and O–H groups in total. The summed E-state index contributed by atoms with van der Waals surface area (Å²) < 4.78 is 6.69. The number of aliphatic hydroxyl groups excluding tert-OH is 1. The van der Waals surface area contributed by atoms with Crippen molar-refractivity contribution in [1.29, 1.82) is 0 Å². The minimum absolute atomic E-state index is 0.0760. The molecule has 7 nitrogen and oxygen atoms in total. The van der Waals surface area contributed by atoms with Crippen LogP contribution in [0, 0.1) is 5.92 Å². The van der Waals surface area contributed by atoms with Crippen LogP contribution in [0.3, 0.4) is 0 Å². The molecule has 0 bridgehead atoms. The summed E-state index contributed by atoms with van der Waals surface area (Å²) >= 11 is 0. The first-order valence-corrected chi connectivity index (χ1v) is 12.1. The van der Waals surface area contributed by atoms with Gasteiger partial charge in [-0.2, -0.15) is 0 Å². The Kier molecular flexibility index (Phi) is 11.1. The third-order valence-electron chi connectivity index (χ3n) is 6.34. The second-order valence-corrected chi connectivity index (χ2v) is 8.80. The minimum Gasteiger partial charge on any atom is -0.466 e. The van der Waals surface area contributed by atoms with Gasteiger partial charge in [0.2, 0.25) is 0 Å². The topological polar surface area (TPSA) is 84.7 Å². The van der Waals surface area contributed by atoms with Crippen molar-refractivity contribution in [2.24, 2.45) is 13.0 Å². The van der Waals surface area contributed by atoms with Crippen molar-refractivity contribution in [1.82, 2.24) is 9.55 Å². The average molecular weight is 436 g/mol. The second kappa shape index (κ2) is 13.5. The van der Waals surface area contributed by atoms with Crippen LogP contribution in [0.15, 0.2) is 6.33 Å². The van der Waals surface area contributed by atoms with Crippen LogP contribution in [0.4, 0.5) is 5.82 Å². The average Bonchev–Trinajstić information content (AvgIpc) is 3.13. The Labute approximate surface area is 187 Å². The van der Waals surface area contributed by atoms with Gasteiger partial charge in [0.15, 0.2) is 11.6 Å². The molecule has 0 aromatic carbocycles. The Morgan fingerprint density at radius 1 is 1.10 bits per heavy atom. The van der Waals surface area contributed by atoms with E-state index >= 15 is 0 Å². The van der Waals surface area contributed by atoms with Gasteiger partial charge in [0.05, 0.1) is 12.9 Å². The molecule has 7 heteroatoms. The van der Waals surface area contributed by atoms with Crippen LogP contribution in [-0.4, -0.2) is 46.3 Å². The highest BCUT2D eigenvalue weighted by Crippen LogP contribution is 2.30. The Bertz CT molecular complexity index is 688. The maximum Gasteiger partial charge on any atom is 0.305 e. The van der Waals surface area contributed by atoms with E-state index in [1.807, 2.05) is 21.0 Å². The number of nitrogens with zero attached hydrogens (tertiary/aromatic N) is 3. The smallest absolute Gasteiger partial charge is 0.305 e. The van der Waals surface area contributed by atoms with Crippen LogP contribution in [0.1, 0.15) is 101 Å². The SMILES string of the molecule is CCOC(=O)CCCCCCCCCCCC1CCC(=O)c2c(ncn2C)N(C)C1O. The summed E-state index contributed by atoms with van der Waals surface area (Å²) in [6, 6.07) is 0. The van der Waals surface area contributed by atoms with Gasteiger partial charge in [0.25, 0.3) is 0 Å². The van der Waals surface area contributed by atoms with Crippen molar-refractivity contribution >= 4 is 17.6 Å². The van der Waals surface area contributed by atoms with E-state index < -0.39 is 6.23 Å². The predicted molar refractivity (Wildman–Crippen MR) is 122 cm³/mol. The summed E-state index contributed by atoms with van der Waals surface area (Å²) in [7, 11) is 3.65. The standard InChI is InChI=1S/C24H41N3O4/c1-4-31-21(29)15-13-11-9-7-5-6-8-10-12-14-19-16-17-20(28)22-23(25-18-26(22)2)27(3)24(19)30/h18-19,24,30H,4-17H2,1-3H3. The first kappa shape index (κ1) is 25.4. The van der Waals surface area contributed by atoms with Crippen LogP contribution < -0.4 is 4.90 Å². The number of anilines is 1. The lowest BCUT2D eigenvalue weighted by molar-refractivity contribution is -0.143. The lowest BCUT2D eigenvalue weighted by Crippen LogP contribution is -2.40. The van der Waals surface area contributed by atoms with Gasteiger partial charge < -0.3 is 19.3 Å². The zero-order chi connectivity index (χ0) is 22.6. The molecule has 0 amide bonds. The van der Waals surface area contributed by atoms with Gasteiger partial charge in [0.1, 0.15) is 11.9 Å². The molecule has 31 heavy (non-hydrogen) atoms. The molecular formula is C24H41N3O4. The third kappa shape index (κ3) is 7.95. The number of aryl methyl sites for hydroxylation is 1. The normalized spacial score (nSPS) is 19.1. The van der Waals surface area contributed by atoms with Crippen LogP contribution in [0.5, 0.6) is 0 Å². The van der Waals surface area contributed by atoms with E-state index in [1.165, 1.54) is 38.5 Å². The number of esters is 1. The van der Waals surface area contributed by atoms with E-state index in [0.717, 1.165) is 32.1 Å². The predicted octanol–water partition coefficient (Wildman–Crippen LogP) is 4.62. The molecule has 0 fully saturated rings. The highest BCUT2D eigenvalue weighted by atomic mass is 16.5. The Hall–Kier alpha value is -1.89. The number of ketones is 1. The summed E-state index contributed by atoms with van der Waals surface area (Å²) in [6.07, 6.45) is 14.1. The first-order valence-electron chi connectivity index (χ1n) is 12.1. The number of aromatic nitrogens is 2. The first-order chi connectivity index (χ1) is 15.0. The summed E-state index contributed by atoms with van der Waals surface area (Å²) in [6.45, 7) is 2.31. The molecule has 176 valence electrons. The van der Waals surface area contributed by atoms with Crippen molar-refractivity contribution in [2.75, 3.05) is 18.6 Å². The van der Waals surface area contributed by atoms with Crippen LogP contribution in [0.2, 0.25) is 0 Å². The molecular weight excluding hydrogens is 394 g/mol. The van der Waals surface area contributed by atoms with Gasteiger partial charge in [-0.15, -0.1) is 0 Å². The van der Waals surface area contributed by atoms with E-state index in [9.17, 15) is 14.7 Å². The molecule has 0 spiro atoms. The fourth-order valence-corrected chi connectivity index (χ4v) is 4.46. The van der Waals surface area contributed by atoms with Crippen LogP contribution in [0.25, 0.3) is 0 Å². The van der Waals surface area contributed by atoms with Crippen molar-refractivity contribution in [2.45, 2.75) is 96.6 Å². The van der Waals surface area contributed by atoms with E-state index in [1.54, 1.807) is 15.8 Å². The number of carbonyl (C=O) groups excluding carboxylic acids is 2. The van der Waals surface area contributed by atoms with Gasteiger partial charge >= 0.3 is 5.97 Å². The molecule has 2 unspecified atom stereocenters. The molecule has 0 saturated carbocycles. The molecule has 1 aliphatic rings. The summed E-state index contributed by atoms with van der Waals surface area (Å²) in [5, 5.41) is 10.8. The van der Waals surface area contributed by atoms with Gasteiger partial charge in [-0.25, -0.2) is 4.98 Å². The summed E-state index contributed by atoms with van der Waals surface area (Å²) in [5.74, 6) is 0.726. The molecule has 1 aromatic heterocycles. The number of Topliss-reactive ketones (excluding diaryl/α,β-unsaturated/α-hetero) is 1. The van der Waals surface area contributed by atoms with Crippen molar-refractivity contribution in [3.05, 3.63) is 12.0 Å². The number of ether oxygens (including phenoxy) is 1. The Morgan fingerprint density at radius 3 is 2.35 bits per heavy atom. The minimum atomic E-state index is -0.601.